The highest BCUT2D eigenvalue weighted by atomic mass is 35.5. The molecule has 3 aromatic rings. The van der Waals surface area contributed by atoms with Gasteiger partial charge in [0.2, 0.25) is 5.13 Å². The number of hydrogen-bond donors (Lipinski definition) is 3. The summed E-state index contributed by atoms with van der Waals surface area (Å²) in [5.74, 6) is -2.44. The van der Waals surface area contributed by atoms with E-state index in [2.05, 4.69) is 19.4 Å². The second-order valence-electron chi connectivity index (χ2n) is 8.72. The van der Waals surface area contributed by atoms with Crippen molar-refractivity contribution in [3.05, 3.63) is 64.7 Å². The first-order valence-corrected chi connectivity index (χ1v) is 13.1. The van der Waals surface area contributed by atoms with Crippen LogP contribution in [-0.4, -0.2) is 34.3 Å². The van der Waals surface area contributed by atoms with Gasteiger partial charge in [-0.1, -0.05) is 17.7 Å². The summed E-state index contributed by atoms with van der Waals surface area (Å²) in [5, 5.41) is 13.9. The van der Waals surface area contributed by atoms with E-state index in [1.165, 1.54) is 18.5 Å². The van der Waals surface area contributed by atoms with E-state index in [9.17, 15) is 18.4 Å². The Balaban J connectivity index is 1.47. The number of hydrogen-bond acceptors (Lipinski definition) is 9. The molecule has 13 heteroatoms. The van der Waals surface area contributed by atoms with E-state index in [1.807, 2.05) is 7.05 Å². The van der Waals surface area contributed by atoms with Crippen LogP contribution in [0.4, 0.5) is 24.0 Å². The Morgan fingerprint density at radius 2 is 1.97 bits per heavy atom. The molecule has 7 nitrogen and oxygen atoms in total. The van der Waals surface area contributed by atoms with Crippen LogP contribution in [0, 0.1) is 22.9 Å². The Labute approximate surface area is 220 Å². The lowest BCUT2D eigenvalue weighted by Crippen LogP contribution is -2.40. The van der Waals surface area contributed by atoms with Gasteiger partial charge in [-0.3, -0.25) is 9.93 Å². The highest BCUT2D eigenvalue weighted by Crippen LogP contribution is 2.41. The summed E-state index contributed by atoms with van der Waals surface area (Å²) < 4.78 is 56.4. The molecule has 0 aliphatic heterocycles. The van der Waals surface area contributed by atoms with Crippen molar-refractivity contribution in [2.75, 3.05) is 22.8 Å². The third kappa shape index (κ3) is 6.54. The van der Waals surface area contributed by atoms with Gasteiger partial charge in [-0.25, -0.2) is 18.2 Å². The number of nitrogens with one attached hydrogen (secondary N) is 2. The van der Waals surface area contributed by atoms with Crippen LogP contribution in [0.5, 0.6) is 5.75 Å². The second kappa shape index (κ2) is 11.9. The number of anilines is 2. The molecule has 3 N–H and O–H groups in total. The molecule has 1 aliphatic rings. The van der Waals surface area contributed by atoms with E-state index in [4.69, 9.17) is 16.3 Å². The molecule has 4 rings (SSSR count). The van der Waals surface area contributed by atoms with Gasteiger partial charge in [0.1, 0.15) is 17.8 Å². The number of nitrogens with zero attached hydrogens (tertiary/aromatic N) is 3. The quantitative estimate of drug-likeness (QED) is 0.199. The van der Waals surface area contributed by atoms with E-state index in [0.717, 1.165) is 54.9 Å². The summed E-state index contributed by atoms with van der Waals surface area (Å²) in [7, 11) is 1.91. The fourth-order valence-electron chi connectivity index (χ4n) is 4.33. The summed E-state index contributed by atoms with van der Waals surface area (Å²) in [6, 6.07) is 6.83. The topological polar surface area (TPSA) is 82.5 Å². The number of aromatic nitrogens is 2. The summed E-state index contributed by atoms with van der Waals surface area (Å²) in [6.07, 6.45) is 5.13. The smallest absolute Gasteiger partial charge is 0.213 e. The molecule has 1 heterocycles. The summed E-state index contributed by atoms with van der Waals surface area (Å²) in [6.45, 7) is 0.125. The third-order valence-electron chi connectivity index (χ3n) is 6.34. The molecule has 1 saturated carbocycles. The number of benzene rings is 2. The Morgan fingerprint density at radius 3 is 2.64 bits per heavy atom. The van der Waals surface area contributed by atoms with Crippen LogP contribution in [0.3, 0.4) is 0 Å². The van der Waals surface area contributed by atoms with E-state index in [-0.39, 0.29) is 28.5 Å². The van der Waals surface area contributed by atoms with Crippen LogP contribution >= 0.6 is 35.3 Å². The molecule has 0 atom stereocenters. The highest BCUT2D eigenvalue weighted by Gasteiger charge is 2.36. The van der Waals surface area contributed by atoms with Gasteiger partial charge in [0.25, 0.3) is 0 Å². The standard InChI is InChI=1S/C23H25ClF3N5O2S2/c1-28-15-4-6-23(7-5-15,11-14-2-3-16(24)17(25)8-14)12-34-21-10-18(26)20(9-19(21)27)32(33)36-31-22-29-13-30-35-22/h2-3,8-10,13,15,28,33H,4-7,11-12H2,1H3,(H,29,30,31). The molecule has 0 saturated heterocycles. The predicted octanol–water partition coefficient (Wildman–Crippen LogP) is 6.25. The van der Waals surface area contributed by atoms with Crippen molar-refractivity contribution >= 4 is 46.1 Å². The second-order valence-corrected chi connectivity index (χ2v) is 10.6. The molecule has 0 unspecified atom stereocenters. The van der Waals surface area contributed by atoms with Crippen molar-refractivity contribution in [1.29, 1.82) is 0 Å². The lowest BCUT2D eigenvalue weighted by molar-refractivity contribution is 0.0833. The van der Waals surface area contributed by atoms with E-state index >= 15 is 0 Å². The van der Waals surface area contributed by atoms with E-state index < -0.39 is 17.5 Å². The molecule has 1 aliphatic carbocycles. The van der Waals surface area contributed by atoms with Gasteiger partial charge in [-0.05, 0) is 56.8 Å². The molecule has 1 aromatic heterocycles. The minimum atomic E-state index is -0.867. The van der Waals surface area contributed by atoms with Gasteiger partial charge in [-0.2, -0.15) is 8.84 Å². The Kier molecular flexibility index (Phi) is 8.83. The normalized spacial score (nSPS) is 19.8. The van der Waals surface area contributed by atoms with Gasteiger partial charge in [0.15, 0.2) is 17.4 Å². The van der Waals surface area contributed by atoms with Crippen molar-refractivity contribution in [2.24, 2.45) is 5.41 Å². The predicted molar refractivity (Wildman–Crippen MR) is 136 cm³/mol. The summed E-state index contributed by atoms with van der Waals surface area (Å²) >= 11 is 7.49. The van der Waals surface area contributed by atoms with Gasteiger partial charge in [0, 0.05) is 35.1 Å². The van der Waals surface area contributed by atoms with E-state index in [0.29, 0.717) is 34.2 Å². The van der Waals surface area contributed by atoms with Crippen LogP contribution in [0.25, 0.3) is 0 Å². The average molecular weight is 560 g/mol. The molecule has 0 amide bonds. The average Bonchev–Trinajstić information content (AvgIpc) is 3.39. The molecule has 0 spiro atoms. The van der Waals surface area contributed by atoms with Gasteiger partial charge in [-0.15, -0.1) is 0 Å². The zero-order chi connectivity index (χ0) is 25.7. The molecular weight excluding hydrogens is 535 g/mol. The molecule has 0 bridgehead atoms. The minimum Gasteiger partial charge on any atom is -0.490 e. The lowest BCUT2D eigenvalue weighted by Gasteiger charge is -2.40. The zero-order valence-electron chi connectivity index (χ0n) is 19.3. The third-order valence-corrected chi connectivity index (χ3v) is 8.01. The van der Waals surface area contributed by atoms with Gasteiger partial charge < -0.3 is 10.1 Å². The van der Waals surface area contributed by atoms with Gasteiger partial charge in [0.05, 0.1) is 23.8 Å². The maximum Gasteiger partial charge on any atom is 0.213 e. The Hall–Kier alpha value is -2.25. The van der Waals surface area contributed by atoms with Crippen molar-refractivity contribution < 1.29 is 23.1 Å². The first-order valence-electron chi connectivity index (χ1n) is 11.2. The fraction of sp³-hybridized carbons (Fsp3) is 0.391. The van der Waals surface area contributed by atoms with E-state index in [1.54, 1.807) is 6.07 Å². The highest BCUT2D eigenvalue weighted by molar-refractivity contribution is 8.01. The van der Waals surface area contributed by atoms with Crippen LogP contribution < -0.4 is 19.2 Å². The van der Waals surface area contributed by atoms with Crippen molar-refractivity contribution in [1.82, 2.24) is 14.7 Å². The number of halogens is 4. The minimum absolute atomic E-state index is 0.0511. The summed E-state index contributed by atoms with van der Waals surface area (Å²) in [5.41, 5.74) is -0.0104. The van der Waals surface area contributed by atoms with Crippen LogP contribution in [0.2, 0.25) is 5.02 Å². The van der Waals surface area contributed by atoms with Crippen molar-refractivity contribution in [2.45, 2.75) is 38.1 Å². The largest absolute Gasteiger partial charge is 0.490 e. The fourth-order valence-corrected chi connectivity index (χ4v) is 5.45. The molecule has 0 radical (unpaired) electrons. The SMILES string of the molecule is CNC1CCC(COc2cc(F)c(N(O)SNc3ncns3)cc2F)(Cc2ccc(Cl)c(F)c2)CC1. The molecular formula is C23H25ClF3N5O2S2. The van der Waals surface area contributed by atoms with Crippen LogP contribution in [-0.2, 0) is 6.42 Å². The van der Waals surface area contributed by atoms with Gasteiger partial charge >= 0.3 is 0 Å². The van der Waals surface area contributed by atoms with Crippen molar-refractivity contribution in [3.8, 4) is 5.75 Å². The van der Waals surface area contributed by atoms with Crippen molar-refractivity contribution in [3.63, 3.8) is 0 Å². The molecule has 194 valence electrons. The number of rotatable bonds is 10. The van der Waals surface area contributed by atoms with Crippen LogP contribution in [0.1, 0.15) is 31.2 Å². The summed E-state index contributed by atoms with van der Waals surface area (Å²) in [4.78, 5) is 3.88. The van der Waals surface area contributed by atoms with Crippen LogP contribution in [0.15, 0.2) is 36.7 Å². The first kappa shape index (κ1) is 26.8. The maximum absolute atomic E-state index is 14.9. The zero-order valence-corrected chi connectivity index (χ0v) is 21.7. The molecule has 36 heavy (non-hydrogen) atoms. The maximum atomic E-state index is 14.9. The molecule has 1 fully saturated rings. The first-order chi connectivity index (χ1) is 17.3. The lowest BCUT2D eigenvalue weighted by atomic mass is 9.69. The number of ether oxygens (including phenoxy) is 1. The Morgan fingerprint density at radius 1 is 1.19 bits per heavy atom. The monoisotopic (exact) mass is 559 g/mol. The molecule has 2 aromatic carbocycles. The Bertz CT molecular complexity index is 1170.